The molecule has 3 nitrogen and oxygen atoms in total. The predicted molar refractivity (Wildman–Crippen MR) is 73.9 cm³/mol. The number of esters is 1. The molecule has 0 amide bonds. The van der Waals surface area contributed by atoms with Crippen LogP contribution >= 0.6 is 0 Å². The molecule has 0 N–H and O–H groups in total. The highest BCUT2D eigenvalue weighted by Crippen LogP contribution is 2.27. The Hall–Kier alpha value is -1.35. The molecule has 0 spiro atoms. The fourth-order valence-electron chi connectivity index (χ4n) is 2.08. The van der Waals surface area contributed by atoms with Gasteiger partial charge in [0.05, 0.1) is 0 Å². The number of carbonyl (C=O) groups is 1. The summed E-state index contributed by atoms with van der Waals surface area (Å²) in [6.07, 6.45) is 0.127. The number of hydrogen-bond donors (Lipinski definition) is 0. The van der Waals surface area contributed by atoms with Gasteiger partial charge >= 0.3 is 5.97 Å². The van der Waals surface area contributed by atoms with Crippen molar-refractivity contribution < 1.29 is 14.3 Å². The summed E-state index contributed by atoms with van der Waals surface area (Å²) < 4.78 is 10.8. The molecule has 1 aromatic rings. The van der Waals surface area contributed by atoms with E-state index in [4.69, 9.17) is 9.47 Å². The quantitative estimate of drug-likeness (QED) is 0.768. The maximum Gasteiger partial charge on any atom is 0.340 e. The van der Waals surface area contributed by atoms with Crippen molar-refractivity contribution in [2.24, 2.45) is 0 Å². The Morgan fingerprint density at radius 1 is 1.16 bits per heavy atom. The summed E-state index contributed by atoms with van der Waals surface area (Å²) in [5.74, 6) is -0.288. The molecular formula is C16H22O3. The Bertz CT molecular complexity index is 466. The van der Waals surface area contributed by atoms with Gasteiger partial charge in [-0.2, -0.15) is 0 Å². The molecule has 0 aromatic heterocycles. The molecule has 1 aliphatic rings. The number of carbonyl (C=O) groups excluding carboxylic acids is 1. The number of rotatable bonds is 2. The van der Waals surface area contributed by atoms with Gasteiger partial charge in [0.25, 0.3) is 0 Å². The van der Waals surface area contributed by atoms with Gasteiger partial charge in [0, 0.05) is 6.42 Å². The Morgan fingerprint density at radius 3 is 2.16 bits per heavy atom. The summed E-state index contributed by atoms with van der Waals surface area (Å²) in [6, 6.07) is 8.39. The minimum Gasteiger partial charge on any atom is -0.433 e. The van der Waals surface area contributed by atoms with E-state index in [0.29, 0.717) is 6.42 Å². The summed E-state index contributed by atoms with van der Waals surface area (Å²) in [7, 11) is 0. The van der Waals surface area contributed by atoms with Crippen molar-refractivity contribution in [3.8, 4) is 0 Å². The van der Waals surface area contributed by atoms with Crippen LogP contribution in [0.2, 0.25) is 0 Å². The third kappa shape index (κ3) is 3.16. The second-order valence-electron chi connectivity index (χ2n) is 6.61. The van der Waals surface area contributed by atoms with Gasteiger partial charge in [-0.25, -0.2) is 4.79 Å². The molecular weight excluding hydrogens is 240 g/mol. The fraction of sp³-hybridized carbons (Fsp3) is 0.562. The Morgan fingerprint density at radius 2 is 1.74 bits per heavy atom. The fourth-order valence-corrected chi connectivity index (χ4v) is 2.08. The molecule has 19 heavy (non-hydrogen) atoms. The summed E-state index contributed by atoms with van der Waals surface area (Å²) in [5, 5.41) is 0. The second-order valence-corrected chi connectivity index (χ2v) is 6.61. The molecule has 1 aromatic carbocycles. The van der Waals surface area contributed by atoms with Crippen LogP contribution in [0.5, 0.6) is 0 Å². The van der Waals surface area contributed by atoms with Crippen molar-refractivity contribution in [3.05, 3.63) is 35.4 Å². The first-order valence-corrected chi connectivity index (χ1v) is 6.67. The monoisotopic (exact) mass is 262 g/mol. The van der Waals surface area contributed by atoms with Gasteiger partial charge in [-0.05, 0) is 30.4 Å². The molecule has 0 saturated carbocycles. The molecule has 1 atom stereocenters. The van der Waals surface area contributed by atoms with E-state index in [1.165, 1.54) is 5.56 Å². The highest BCUT2D eigenvalue weighted by molar-refractivity contribution is 5.80. The zero-order valence-electron chi connectivity index (χ0n) is 12.3. The van der Waals surface area contributed by atoms with Crippen molar-refractivity contribution in [3.63, 3.8) is 0 Å². The Labute approximate surface area is 114 Å². The number of hydrogen-bond acceptors (Lipinski definition) is 3. The summed E-state index contributed by atoms with van der Waals surface area (Å²) in [5.41, 5.74) is 1.73. The zero-order chi connectivity index (χ0) is 14.3. The minimum atomic E-state index is -0.823. The van der Waals surface area contributed by atoms with Crippen molar-refractivity contribution in [1.82, 2.24) is 0 Å². The summed E-state index contributed by atoms with van der Waals surface area (Å²) in [4.78, 5) is 11.5. The summed E-state index contributed by atoms with van der Waals surface area (Å²) >= 11 is 0. The molecule has 0 radical (unpaired) electrons. The topological polar surface area (TPSA) is 35.5 Å². The van der Waals surface area contributed by atoms with Gasteiger partial charge in [-0.3, -0.25) is 0 Å². The van der Waals surface area contributed by atoms with Gasteiger partial charge in [-0.15, -0.1) is 0 Å². The molecule has 1 unspecified atom stereocenters. The van der Waals surface area contributed by atoms with Crippen LogP contribution < -0.4 is 0 Å². The third-order valence-corrected chi connectivity index (χ3v) is 3.38. The average molecular weight is 262 g/mol. The molecule has 3 heteroatoms. The first-order chi connectivity index (χ1) is 8.68. The summed E-state index contributed by atoms with van der Waals surface area (Å²) in [6.45, 7) is 10.0. The SMILES string of the molecule is CC1(C)OC(Cc2ccc(C(C)(C)C)cc2)OC1=O. The van der Waals surface area contributed by atoms with Gasteiger partial charge in [0.15, 0.2) is 5.60 Å². The third-order valence-electron chi connectivity index (χ3n) is 3.38. The molecule has 1 heterocycles. The van der Waals surface area contributed by atoms with Crippen molar-refractivity contribution >= 4 is 5.97 Å². The van der Waals surface area contributed by atoms with E-state index in [1.807, 2.05) is 0 Å². The van der Waals surface area contributed by atoms with E-state index in [2.05, 4.69) is 45.0 Å². The van der Waals surface area contributed by atoms with Gasteiger partial charge in [0.2, 0.25) is 6.29 Å². The van der Waals surface area contributed by atoms with E-state index >= 15 is 0 Å². The maximum atomic E-state index is 11.5. The predicted octanol–water partition coefficient (Wildman–Crippen LogP) is 3.20. The molecule has 1 saturated heterocycles. The van der Waals surface area contributed by atoms with E-state index in [1.54, 1.807) is 13.8 Å². The lowest BCUT2D eigenvalue weighted by Crippen LogP contribution is -2.28. The van der Waals surface area contributed by atoms with E-state index in [0.717, 1.165) is 5.56 Å². The molecule has 1 fully saturated rings. The average Bonchev–Trinajstić information content (AvgIpc) is 2.51. The lowest BCUT2D eigenvalue weighted by Gasteiger charge is -2.19. The first kappa shape index (κ1) is 14.1. The number of ether oxygens (including phenoxy) is 2. The van der Waals surface area contributed by atoms with Crippen LogP contribution in [0.3, 0.4) is 0 Å². The lowest BCUT2D eigenvalue weighted by atomic mass is 9.86. The number of benzene rings is 1. The van der Waals surface area contributed by atoms with E-state index in [-0.39, 0.29) is 11.4 Å². The zero-order valence-corrected chi connectivity index (χ0v) is 12.3. The van der Waals surface area contributed by atoms with Crippen LogP contribution in [0, 0.1) is 0 Å². The van der Waals surface area contributed by atoms with Crippen LogP contribution in [0.1, 0.15) is 45.7 Å². The van der Waals surface area contributed by atoms with Crippen molar-refractivity contribution in [2.45, 2.75) is 58.3 Å². The minimum absolute atomic E-state index is 0.150. The molecule has 0 aliphatic carbocycles. The van der Waals surface area contributed by atoms with Gasteiger partial charge in [0.1, 0.15) is 0 Å². The highest BCUT2D eigenvalue weighted by atomic mass is 16.8. The van der Waals surface area contributed by atoms with E-state index < -0.39 is 11.9 Å². The Kier molecular flexibility index (Phi) is 3.43. The molecule has 104 valence electrons. The van der Waals surface area contributed by atoms with Crippen LogP contribution in [0.15, 0.2) is 24.3 Å². The van der Waals surface area contributed by atoms with Crippen molar-refractivity contribution in [1.29, 1.82) is 0 Å². The lowest BCUT2D eigenvalue weighted by molar-refractivity contribution is -0.144. The second kappa shape index (κ2) is 4.64. The maximum absolute atomic E-state index is 11.5. The standard InChI is InChI=1S/C16H22O3/c1-15(2,3)12-8-6-11(7-9-12)10-13-18-14(17)16(4,5)19-13/h6-9,13H,10H2,1-5H3. The van der Waals surface area contributed by atoms with Crippen molar-refractivity contribution in [2.75, 3.05) is 0 Å². The van der Waals surface area contributed by atoms with E-state index in [9.17, 15) is 4.79 Å². The van der Waals surface area contributed by atoms with Crippen LogP contribution in [0.4, 0.5) is 0 Å². The first-order valence-electron chi connectivity index (χ1n) is 6.67. The largest absolute Gasteiger partial charge is 0.433 e. The van der Waals surface area contributed by atoms with Crippen LogP contribution in [0.25, 0.3) is 0 Å². The van der Waals surface area contributed by atoms with Gasteiger partial charge < -0.3 is 9.47 Å². The molecule has 1 aliphatic heterocycles. The molecule has 0 bridgehead atoms. The normalized spacial score (nSPS) is 22.4. The van der Waals surface area contributed by atoms with Crippen LogP contribution in [-0.2, 0) is 26.1 Å². The smallest absolute Gasteiger partial charge is 0.340 e. The molecule has 2 rings (SSSR count). The number of cyclic esters (lactones) is 1. The highest BCUT2D eigenvalue weighted by Gasteiger charge is 2.42. The Balaban J connectivity index is 2.04. The van der Waals surface area contributed by atoms with Crippen LogP contribution in [-0.4, -0.2) is 17.9 Å². The van der Waals surface area contributed by atoms with Gasteiger partial charge in [-0.1, -0.05) is 45.0 Å².